The van der Waals surface area contributed by atoms with Crippen molar-refractivity contribution in [3.63, 3.8) is 0 Å². The molecule has 2 aliphatic rings. The number of aliphatic carboxylic acids is 1. The molecule has 1 aromatic carbocycles. The molecular weight excluding hydrogens is 340 g/mol. The van der Waals surface area contributed by atoms with Crippen LogP contribution in [0.1, 0.15) is 16.8 Å². The lowest BCUT2D eigenvalue weighted by Gasteiger charge is -2.33. The highest BCUT2D eigenvalue weighted by atomic mass is 35.5. The van der Waals surface area contributed by atoms with Gasteiger partial charge < -0.3 is 14.7 Å². The van der Waals surface area contributed by atoms with E-state index in [1.807, 2.05) is 0 Å². The molecule has 0 saturated carbocycles. The highest BCUT2D eigenvalue weighted by Crippen LogP contribution is 2.43. The number of nitro benzene ring substituents is 1. The Morgan fingerprint density at radius 2 is 2.21 bits per heavy atom. The summed E-state index contributed by atoms with van der Waals surface area (Å²) < 4.78 is 5.34. The number of halogens is 1. The number of nitro groups is 1. The van der Waals surface area contributed by atoms with Gasteiger partial charge in [0.25, 0.3) is 11.6 Å². The summed E-state index contributed by atoms with van der Waals surface area (Å²) in [7, 11) is 0. The van der Waals surface area contributed by atoms with Crippen LogP contribution in [-0.2, 0) is 9.53 Å². The molecule has 0 aliphatic carbocycles. The lowest BCUT2D eigenvalue weighted by molar-refractivity contribution is -0.385. The molecule has 0 unspecified atom stereocenters. The Labute approximate surface area is 142 Å². The van der Waals surface area contributed by atoms with Gasteiger partial charge in [0.1, 0.15) is 5.56 Å². The lowest BCUT2D eigenvalue weighted by atomic mass is 9.74. The van der Waals surface area contributed by atoms with Crippen molar-refractivity contribution in [2.24, 2.45) is 11.3 Å². The van der Waals surface area contributed by atoms with Crippen LogP contribution in [0.3, 0.4) is 0 Å². The second kappa shape index (κ2) is 6.03. The first-order chi connectivity index (χ1) is 11.3. The topological polar surface area (TPSA) is 110 Å². The average Bonchev–Trinajstić information content (AvgIpc) is 2.95. The number of carbonyl (C=O) groups is 2. The number of likely N-dealkylation sites (tertiary alicyclic amines) is 1. The fourth-order valence-electron chi connectivity index (χ4n) is 3.46. The number of amides is 1. The number of hydrogen-bond acceptors (Lipinski definition) is 5. The molecule has 1 amide bonds. The first-order valence-electron chi connectivity index (χ1n) is 7.39. The van der Waals surface area contributed by atoms with Crippen molar-refractivity contribution in [1.29, 1.82) is 0 Å². The summed E-state index contributed by atoms with van der Waals surface area (Å²) in [5.41, 5.74) is -1.53. The van der Waals surface area contributed by atoms with Crippen LogP contribution in [0.4, 0.5) is 5.69 Å². The van der Waals surface area contributed by atoms with Gasteiger partial charge in [-0.05, 0) is 18.6 Å². The van der Waals surface area contributed by atoms with Gasteiger partial charge in [0, 0.05) is 36.7 Å². The molecule has 2 fully saturated rings. The first-order valence-corrected chi connectivity index (χ1v) is 7.77. The minimum absolute atomic E-state index is 0.0228. The lowest BCUT2D eigenvalue weighted by Crippen LogP contribution is -2.45. The highest BCUT2D eigenvalue weighted by Gasteiger charge is 2.55. The van der Waals surface area contributed by atoms with Gasteiger partial charge in [-0.3, -0.25) is 19.7 Å². The van der Waals surface area contributed by atoms with E-state index in [1.54, 1.807) is 0 Å². The zero-order valence-corrected chi connectivity index (χ0v) is 13.4. The number of hydrogen-bond donors (Lipinski definition) is 1. The van der Waals surface area contributed by atoms with Crippen molar-refractivity contribution >= 4 is 29.2 Å². The molecule has 24 heavy (non-hydrogen) atoms. The van der Waals surface area contributed by atoms with Crippen LogP contribution in [-0.4, -0.2) is 53.1 Å². The highest BCUT2D eigenvalue weighted by molar-refractivity contribution is 6.31. The number of fused-ring (bicyclic) bond motifs is 1. The summed E-state index contributed by atoms with van der Waals surface area (Å²) in [5, 5.41) is 21.0. The molecule has 2 atom stereocenters. The Morgan fingerprint density at radius 3 is 2.83 bits per heavy atom. The molecule has 2 saturated heterocycles. The molecule has 8 nitrogen and oxygen atoms in total. The van der Waals surface area contributed by atoms with Gasteiger partial charge in [-0.2, -0.15) is 0 Å². The van der Waals surface area contributed by atoms with Gasteiger partial charge in [-0.15, -0.1) is 0 Å². The van der Waals surface area contributed by atoms with E-state index in [2.05, 4.69) is 0 Å². The smallest absolute Gasteiger partial charge is 0.311 e. The van der Waals surface area contributed by atoms with Crippen molar-refractivity contribution in [2.45, 2.75) is 6.42 Å². The molecule has 3 rings (SSSR count). The Morgan fingerprint density at radius 1 is 1.46 bits per heavy atom. The van der Waals surface area contributed by atoms with Crippen LogP contribution in [0, 0.1) is 21.4 Å². The molecule has 0 aromatic heterocycles. The molecule has 2 aliphatic heterocycles. The largest absolute Gasteiger partial charge is 0.481 e. The van der Waals surface area contributed by atoms with Gasteiger partial charge in [-0.1, -0.05) is 11.6 Å². The van der Waals surface area contributed by atoms with Crippen molar-refractivity contribution in [3.05, 3.63) is 38.9 Å². The van der Waals surface area contributed by atoms with Crippen LogP contribution in [0.25, 0.3) is 0 Å². The van der Waals surface area contributed by atoms with Crippen molar-refractivity contribution in [3.8, 4) is 0 Å². The third-order valence-electron chi connectivity index (χ3n) is 4.81. The number of nitrogens with zero attached hydrogens (tertiary/aromatic N) is 2. The summed E-state index contributed by atoms with van der Waals surface area (Å²) in [4.78, 5) is 36.4. The van der Waals surface area contributed by atoms with Gasteiger partial charge in [-0.25, -0.2) is 0 Å². The number of carboxylic acid groups (broad SMARTS) is 1. The van der Waals surface area contributed by atoms with Crippen molar-refractivity contribution in [1.82, 2.24) is 4.90 Å². The first kappa shape index (κ1) is 16.7. The van der Waals surface area contributed by atoms with Crippen LogP contribution in [0.5, 0.6) is 0 Å². The Hall–Kier alpha value is -2.19. The predicted molar refractivity (Wildman–Crippen MR) is 83.0 cm³/mol. The molecule has 128 valence electrons. The average molecular weight is 355 g/mol. The van der Waals surface area contributed by atoms with Gasteiger partial charge in [0.2, 0.25) is 0 Å². The van der Waals surface area contributed by atoms with E-state index in [1.165, 1.54) is 17.0 Å². The summed E-state index contributed by atoms with van der Waals surface area (Å²) >= 11 is 5.76. The van der Waals surface area contributed by atoms with E-state index in [-0.39, 0.29) is 41.9 Å². The molecule has 0 spiro atoms. The number of rotatable bonds is 3. The second-order valence-corrected chi connectivity index (χ2v) is 6.52. The van der Waals surface area contributed by atoms with E-state index in [9.17, 15) is 24.8 Å². The van der Waals surface area contributed by atoms with E-state index in [0.29, 0.717) is 13.0 Å². The number of carboxylic acids is 1. The normalized spacial score (nSPS) is 26.0. The quantitative estimate of drug-likeness (QED) is 0.654. The zero-order chi connectivity index (χ0) is 17.5. The van der Waals surface area contributed by atoms with Crippen LogP contribution < -0.4 is 0 Å². The van der Waals surface area contributed by atoms with E-state index in [4.69, 9.17) is 16.3 Å². The maximum atomic E-state index is 12.7. The van der Waals surface area contributed by atoms with Gasteiger partial charge in [0.05, 0.1) is 16.9 Å². The number of carbonyl (C=O) groups excluding carboxylic acids is 1. The summed E-state index contributed by atoms with van der Waals surface area (Å²) in [6.45, 7) is 0.810. The summed E-state index contributed by atoms with van der Waals surface area (Å²) in [6, 6.07) is 3.82. The summed E-state index contributed by atoms with van der Waals surface area (Å²) in [5.74, 6) is -1.84. The van der Waals surface area contributed by atoms with Gasteiger partial charge >= 0.3 is 5.97 Å². The van der Waals surface area contributed by atoms with Crippen molar-refractivity contribution < 1.29 is 24.4 Å². The molecule has 1 N–H and O–H groups in total. The SMILES string of the molecule is O=C(c1ccc(Cl)cc1[N+](=O)[O-])N1C[C@H]2COCC[C@@]2(C(=O)O)C1. The molecular formula is C15H15ClN2O6. The van der Waals surface area contributed by atoms with Crippen molar-refractivity contribution in [2.75, 3.05) is 26.3 Å². The second-order valence-electron chi connectivity index (χ2n) is 6.09. The predicted octanol–water partition coefficient (Wildman–Crippen LogP) is 1.81. The minimum Gasteiger partial charge on any atom is -0.481 e. The minimum atomic E-state index is -1.05. The maximum absolute atomic E-state index is 12.7. The Bertz CT molecular complexity index is 724. The Balaban J connectivity index is 1.92. The fraction of sp³-hybridized carbons (Fsp3) is 0.467. The zero-order valence-electron chi connectivity index (χ0n) is 12.6. The molecule has 2 heterocycles. The molecule has 0 bridgehead atoms. The number of ether oxygens (including phenoxy) is 1. The Kier molecular flexibility index (Phi) is 4.18. The molecule has 9 heteroatoms. The van der Waals surface area contributed by atoms with Gasteiger partial charge in [0.15, 0.2) is 0 Å². The fourth-order valence-corrected chi connectivity index (χ4v) is 3.63. The monoisotopic (exact) mass is 354 g/mol. The molecule has 1 aromatic rings. The number of benzene rings is 1. The van der Waals surface area contributed by atoms with Crippen LogP contribution >= 0.6 is 11.6 Å². The van der Waals surface area contributed by atoms with E-state index >= 15 is 0 Å². The van der Waals surface area contributed by atoms with Crippen LogP contribution in [0.2, 0.25) is 5.02 Å². The van der Waals surface area contributed by atoms with E-state index in [0.717, 1.165) is 6.07 Å². The third-order valence-corrected chi connectivity index (χ3v) is 5.04. The third kappa shape index (κ3) is 2.61. The summed E-state index contributed by atoms with van der Waals surface area (Å²) in [6.07, 6.45) is 0.319. The molecule has 0 radical (unpaired) electrons. The van der Waals surface area contributed by atoms with E-state index < -0.39 is 22.2 Å². The standard InChI is InChI=1S/C15H15ClN2O6/c16-10-1-2-11(12(5-10)18(22)23)13(19)17-6-9-7-24-4-3-15(9,8-17)14(20)21/h1-2,5,9H,3-4,6-8H2,(H,20,21)/t9-,15+/m0/s1. The maximum Gasteiger partial charge on any atom is 0.311 e. The van der Waals surface area contributed by atoms with Crippen LogP contribution in [0.15, 0.2) is 18.2 Å².